The number of hydrogen-bond acceptors (Lipinski definition) is 5. The number of rotatable bonds is 4. The number of aliphatic imine (C=N–C) groups is 1. The molecule has 0 amide bonds. The van der Waals surface area contributed by atoms with Crippen molar-refractivity contribution in [3.05, 3.63) is 24.2 Å². The summed E-state index contributed by atoms with van der Waals surface area (Å²) in [7, 11) is 1.64. The number of nitrogens with one attached hydrogen (secondary N) is 2. The molecule has 0 aliphatic carbocycles. The van der Waals surface area contributed by atoms with Gasteiger partial charge in [0.1, 0.15) is 11.9 Å². The van der Waals surface area contributed by atoms with Crippen LogP contribution in [-0.2, 0) is 6.54 Å². The average Bonchev–Trinajstić information content (AvgIpc) is 3.33. The van der Waals surface area contributed by atoms with Gasteiger partial charge < -0.3 is 14.6 Å². The van der Waals surface area contributed by atoms with Crippen LogP contribution in [0.5, 0.6) is 0 Å². The molecule has 12 heteroatoms. The van der Waals surface area contributed by atoms with Crippen LogP contribution in [0.25, 0.3) is 11.6 Å². The summed E-state index contributed by atoms with van der Waals surface area (Å²) in [6, 6.07) is 2.08. The number of furan rings is 1. The third kappa shape index (κ3) is 5.37. The first-order valence-electron chi connectivity index (χ1n) is 8.60. The zero-order chi connectivity index (χ0) is 19.4. The lowest BCUT2D eigenvalue weighted by atomic mass is 10.2. The van der Waals surface area contributed by atoms with Crippen molar-refractivity contribution >= 4 is 29.9 Å². The van der Waals surface area contributed by atoms with Crippen LogP contribution < -0.4 is 5.32 Å². The summed E-state index contributed by atoms with van der Waals surface area (Å²) < 4.78 is 43.8. The normalized spacial score (nSPS) is 17.3. The Balaban J connectivity index is 0.00000280. The summed E-state index contributed by atoms with van der Waals surface area (Å²) >= 11 is 0. The molecular formula is C16H23F3IN7O. The second-order valence-electron chi connectivity index (χ2n) is 6.22. The fourth-order valence-corrected chi connectivity index (χ4v) is 2.91. The van der Waals surface area contributed by atoms with Gasteiger partial charge in [-0.1, -0.05) is 0 Å². The number of piperazine rings is 1. The Labute approximate surface area is 177 Å². The van der Waals surface area contributed by atoms with Crippen molar-refractivity contribution in [2.45, 2.75) is 25.7 Å². The number of aromatic nitrogens is 3. The molecule has 3 heterocycles. The second kappa shape index (κ2) is 9.58. The van der Waals surface area contributed by atoms with Gasteiger partial charge in [0.05, 0.1) is 12.8 Å². The predicted molar refractivity (Wildman–Crippen MR) is 108 cm³/mol. The number of H-pyrrole nitrogens is 1. The van der Waals surface area contributed by atoms with E-state index < -0.39 is 12.2 Å². The van der Waals surface area contributed by atoms with E-state index in [0.29, 0.717) is 56.1 Å². The van der Waals surface area contributed by atoms with Gasteiger partial charge in [0.15, 0.2) is 11.7 Å². The number of alkyl halides is 3. The third-order valence-corrected chi connectivity index (χ3v) is 4.53. The molecule has 0 spiro atoms. The highest BCUT2D eigenvalue weighted by Gasteiger charge is 2.41. The first-order valence-corrected chi connectivity index (χ1v) is 8.60. The SMILES string of the molecule is CN=C(NCc1nc(-c2ccco2)n[nH]1)N1CCN(C(C)C(F)(F)F)CC1.I. The van der Waals surface area contributed by atoms with Gasteiger partial charge in [-0.15, -0.1) is 29.1 Å². The minimum absolute atomic E-state index is 0. The zero-order valence-electron chi connectivity index (χ0n) is 15.5. The molecule has 8 nitrogen and oxygen atoms in total. The summed E-state index contributed by atoms with van der Waals surface area (Å²) in [6.07, 6.45) is -2.66. The van der Waals surface area contributed by atoms with E-state index in [1.165, 1.54) is 11.8 Å². The fraction of sp³-hybridized carbons (Fsp3) is 0.562. The van der Waals surface area contributed by atoms with Crippen molar-refractivity contribution in [3.63, 3.8) is 0 Å². The van der Waals surface area contributed by atoms with Crippen LogP contribution in [0.4, 0.5) is 13.2 Å². The van der Waals surface area contributed by atoms with Gasteiger partial charge in [0.2, 0.25) is 5.82 Å². The molecule has 1 aliphatic heterocycles. The molecule has 28 heavy (non-hydrogen) atoms. The molecule has 2 aromatic heterocycles. The summed E-state index contributed by atoms with van der Waals surface area (Å²) in [5.41, 5.74) is 0. The largest absolute Gasteiger partial charge is 0.461 e. The van der Waals surface area contributed by atoms with E-state index in [-0.39, 0.29) is 24.0 Å². The van der Waals surface area contributed by atoms with Crippen LogP contribution in [0.15, 0.2) is 27.8 Å². The van der Waals surface area contributed by atoms with E-state index in [1.807, 2.05) is 4.90 Å². The Morgan fingerprint density at radius 2 is 2.07 bits per heavy atom. The number of aromatic amines is 1. The van der Waals surface area contributed by atoms with Crippen LogP contribution in [-0.4, -0.2) is 76.4 Å². The highest BCUT2D eigenvalue weighted by atomic mass is 127. The van der Waals surface area contributed by atoms with E-state index in [1.54, 1.807) is 25.4 Å². The standard InChI is InChI=1S/C16H22F3N7O.HI/c1-11(16(17,18)19)25-5-7-26(8-6-25)15(20-2)21-10-13-22-14(24-23-13)12-4-3-9-27-12;/h3-4,9,11H,5-8,10H2,1-2H3,(H,20,21)(H,22,23,24);1H. The molecule has 1 aliphatic rings. The highest BCUT2D eigenvalue weighted by Crippen LogP contribution is 2.25. The van der Waals surface area contributed by atoms with Crippen LogP contribution in [0.3, 0.4) is 0 Å². The first kappa shape index (κ1) is 22.5. The van der Waals surface area contributed by atoms with Crippen LogP contribution in [0.1, 0.15) is 12.7 Å². The third-order valence-electron chi connectivity index (χ3n) is 4.53. The Morgan fingerprint density at radius 3 is 2.64 bits per heavy atom. The molecule has 0 aromatic carbocycles. The maximum Gasteiger partial charge on any atom is 0.403 e. The molecule has 3 rings (SSSR count). The molecule has 2 N–H and O–H groups in total. The maximum atomic E-state index is 12.9. The molecule has 0 saturated carbocycles. The predicted octanol–water partition coefficient (Wildman–Crippen LogP) is 2.33. The van der Waals surface area contributed by atoms with E-state index in [2.05, 4.69) is 25.5 Å². The van der Waals surface area contributed by atoms with E-state index in [9.17, 15) is 13.2 Å². The average molecular weight is 513 g/mol. The molecule has 1 unspecified atom stereocenters. The second-order valence-corrected chi connectivity index (χ2v) is 6.22. The van der Waals surface area contributed by atoms with Crippen molar-refractivity contribution < 1.29 is 17.6 Å². The fourth-order valence-electron chi connectivity index (χ4n) is 2.91. The summed E-state index contributed by atoms with van der Waals surface area (Å²) in [6.45, 7) is 3.14. The van der Waals surface area contributed by atoms with Gasteiger partial charge in [-0.3, -0.25) is 15.0 Å². The Hall–Kier alpha value is -1.83. The number of halogens is 4. The quantitative estimate of drug-likeness (QED) is 0.371. The molecule has 0 radical (unpaired) electrons. The van der Waals surface area contributed by atoms with Gasteiger partial charge in [0, 0.05) is 33.2 Å². The molecule has 156 valence electrons. The topological polar surface area (TPSA) is 85.6 Å². The van der Waals surface area contributed by atoms with Gasteiger partial charge in [-0.2, -0.15) is 13.2 Å². The summed E-state index contributed by atoms with van der Waals surface area (Å²) in [4.78, 5) is 11.9. The van der Waals surface area contributed by atoms with Crippen molar-refractivity contribution in [1.29, 1.82) is 0 Å². The van der Waals surface area contributed by atoms with Gasteiger partial charge >= 0.3 is 6.18 Å². The first-order chi connectivity index (χ1) is 12.9. The van der Waals surface area contributed by atoms with Crippen LogP contribution >= 0.6 is 24.0 Å². The lowest BCUT2D eigenvalue weighted by molar-refractivity contribution is -0.181. The molecular weight excluding hydrogens is 490 g/mol. The van der Waals surface area contributed by atoms with Crippen molar-refractivity contribution in [3.8, 4) is 11.6 Å². The van der Waals surface area contributed by atoms with E-state index in [0.717, 1.165) is 0 Å². The van der Waals surface area contributed by atoms with E-state index in [4.69, 9.17) is 4.42 Å². The van der Waals surface area contributed by atoms with Crippen molar-refractivity contribution in [1.82, 2.24) is 30.3 Å². The number of guanidine groups is 1. The number of nitrogens with zero attached hydrogens (tertiary/aromatic N) is 5. The molecule has 2 aromatic rings. The maximum absolute atomic E-state index is 12.9. The van der Waals surface area contributed by atoms with Crippen LogP contribution in [0.2, 0.25) is 0 Å². The minimum Gasteiger partial charge on any atom is -0.461 e. The van der Waals surface area contributed by atoms with Crippen LogP contribution in [0, 0.1) is 0 Å². The van der Waals surface area contributed by atoms with E-state index >= 15 is 0 Å². The molecule has 1 saturated heterocycles. The summed E-state index contributed by atoms with van der Waals surface area (Å²) in [5, 5.41) is 10.1. The Morgan fingerprint density at radius 1 is 1.36 bits per heavy atom. The van der Waals surface area contributed by atoms with Crippen molar-refractivity contribution in [2.24, 2.45) is 4.99 Å². The Kier molecular flexibility index (Phi) is 7.69. The molecule has 0 bridgehead atoms. The monoisotopic (exact) mass is 513 g/mol. The van der Waals surface area contributed by atoms with Crippen molar-refractivity contribution in [2.75, 3.05) is 33.2 Å². The zero-order valence-corrected chi connectivity index (χ0v) is 17.9. The Bertz CT molecular complexity index is 755. The summed E-state index contributed by atoms with van der Waals surface area (Å²) in [5.74, 6) is 2.25. The van der Waals surface area contributed by atoms with Gasteiger partial charge in [-0.05, 0) is 19.1 Å². The van der Waals surface area contributed by atoms with Gasteiger partial charge in [-0.25, -0.2) is 4.98 Å². The highest BCUT2D eigenvalue weighted by molar-refractivity contribution is 14.0. The lowest BCUT2D eigenvalue weighted by Gasteiger charge is -2.39. The van der Waals surface area contributed by atoms with Gasteiger partial charge in [0.25, 0.3) is 0 Å². The number of hydrogen-bond donors (Lipinski definition) is 2. The minimum atomic E-state index is -4.21. The molecule has 1 atom stereocenters. The molecule has 1 fully saturated rings. The lowest BCUT2D eigenvalue weighted by Crippen LogP contribution is -2.56. The smallest absolute Gasteiger partial charge is 0.403 e.